The summed E-state index contributed by atoms with van der Waals surface area (Å²) in [5, 5.41) is 5.46. The van der Waals surface area contributed by atoms with Gasteiger partial charge in [-0.25, -0.2) is 4.98 Å². The van der Waals surface area contributed by atoms with Gasteiger partial charge in [0, 0.05) is 16.5 Å². The summed E-state index contributed by atoms with van der Waals surface area (Å²) in [5.41, 5.74) is 2.65. The van der Waals surface area contributed by atoms with Crippen LogP contribution >= 0.6 is 11.3 Å². The smallest absolute Gasteiger partial charge is 0.238 e. The minimum Gasteiger partial charge on any atom is -0.457 e. The van der Waals surface area contributed by atoms with Gasteiger partial charge < -0.3 is 10.1 Å². The van der Waals surface area contributed by atoms with Gasteiger partial charge in [0.2, 0.25) is 5.91 Å². The normalized spacial score (nSPS) is 12.9. The molecule has 1 aliphatic heterocycles. The summed E-state index contributed by atoms with van der Waals surface area (Å²) in [6.45, 7) is 1.91. The molecular formula is C18H14N2O2S. The zero-order valence-corrected chi connectivity index (χ0v) is 13.3. The van der Waals surface area contributed by atoms with Crippen LogP contribution in [0.2, 0.25) is 0 Å². The average Bonchev–Trinajstić information content (AvgIpc) is 2.97. The molecule has 3 aromatic rings. The highest BCUT2D eigenvalue weighted by Gasteiger charge is 2.32. The number of nitrogens with one attached hydrogen (secondary N) is 1. The first-order valence-electron chi connectivity index (χ1n) is 7.31. The molecule has 114 valence electrons. The highest BCUT2D eigenvalue weighted by molar-refractivity contribution is 7.13. The summed E-state index contributed by atoms with van der Waals surface area (Å²) in [7, 11) is 0. The van der Waals surface area contributed by atoms with E-state index in [9.17, 15) is 4.79 Å². The zero-order chi connectivity index (χ0) is 15.8. The molecule has 4 rings (SSSR count). The number of carbonyl (C=O) groups excluding carboxylic acids is 1. The first-order chi connectivity index (χ1) is 11.2. The molecule has 0 fully saturated rings. The minimum atomic E-state index is -0.402. The summed E-state index contributed by atoms with van der Waals surface area (Å²) < 4.78 is 5.92. The summed E-state index contributed by atoms with van der Waals surface area (Å²) in [5.74, 6) is 0.950. The molecule has 4 nitrogen and oxygen atoms in total. The van der Waals surface area contributed by atoms with Gasteiger partial charge >= 0.3 is 0 Å². The van der Waals surface area contributed by atoms with E-state index in [0.29, 0.717) is 5.13 Å². The van der Waals surface area contributed by atoms with Crippen LogP contribution in [0.1, 0.15) is 22.7 Å². The fourth-order valence-corrected chi connectivity index (χ4v) is 3.47. The fourth-order valence-electron chi connectivity index (χ4n) is 2.78. The minimum absolute atomic E-state index is 0.0949. The second-order valence-corrected chi connectivity index (χ2v) is 6.25. The number of amides is 1. The van der Waals surface area contributed by atoms with Crippen LogP contribution in [0.3, 0.4) is 0 Å². The molecule has 0 atom stereocenters. The number of hydrogen-bond donors (Lipinski definition) is 1. The number of nitrogens with zero attached hydrogens (tertiary/aromatic N) is 1. The van der Waals surface area contributed by atoms with E-state index in [4.69, 9.17) is 4.74 Å². The molecule has 1 aromatic heterocycles. The molecule has 23 heavy (non-hydrogen) atoms. The lowest BCUT2D eigenvalue weighted by molar-refractivity contribution is -0.116. The number of rotatable bonds is 2. The average molecular weight is 322 g/mol. The van der Waals surface area contributed by atoms with E-state index in [1.807, 2.05) is 60.8 Å². The first kappa shape index (κ1) is 14.0. The molecule has 0 saturated heterocycles. The largest absolute Gasteiger partial charge is 0.457 e. The molecule has 0 bridgehead atoms. The Hall–Kier alpha value is -2.66. The van der Waals surface area contributed by atoms with E-state index in [1.165, 1.54) is 11.3 Å². The maximum atomic E-state index is 12.9. The van der Waals surface area contributed by atoms with Crippen molar-refractivity contribution in [3.8, 4) is 11.5 Å². The lowest BCUT2D eigenvalue weighted by Gasteiger charge is -2.27. The van der Waals surface area contributed by atoms with Crippen LogP contribution in [-0.4, -0.2) is 10.9 Å². The molecule has 2 heterocycles. The Balaban J connectivity index is 1.76. The number of fused-ring (bicyclic) bond motifs is 2. The van der Waals surface area contributed by atoms with Gasteiger partial charge in [0.25, 0.3) is 0 Å². The predicted molar refractivity (Wildman–Crippen MR) is 90.3 cm³/mol. The molecule has 0 saturated carbocycles. The van der Waals surface area contributed by atoms with Crippen molar-refractivity contribution in [2.24, 2.45) is 0 Å². The summed E-state index contributed by atoms with van der Waals surface area (Å²) in [6, 6.07) is 15.3. The van der Waals surface area contributed by atoms with Gasteiger partial charge in [0.1, 0.15) is 11.5 Å². The second-order valence-electron chi connectivity index (χ2n) is 5.39. The zero-order valence-electron chi connectivity index (χ0n) is 12.4. The number of anilines is 1. The molecule has 5 heteroatoms. The van der Waals surface area contributed by atoms with E-state index in [-0.39, 0.29) is 5.91 Å². The van der Waals surface area contributed by atoms with Crippen LogP contribution in [0, 0.1) is 6.92 Å². The standard InChI is InChI=1S/C18H14N2O2S/c1-11-10-23-18(19-11)20-17(21)16-12-6-2-4-8-14(12)22-15-9-5-3-7-13(15)16/h2-10,16H,1H3,(H,19,20,21). The Kier molecular flexibility index (Phi) is 3.35. The van der Waals surface area contributed by atoms with Gasteiger partial charge in [0.05, 0.1) is 11.6 Å². The number of carbonyl (C=O) groups is 1. The molecule has 1 N–H and O–H groups in total. The Morgan fingerprint density at radius 1 is 1.09 bits per heavy atom. The first-order valence-corrected chi connectivity index (χ1v) is 8.19. The summed E-state index contributed by atoms with van der Waals surface area (Å²) in [4.78, 5) is 17.2. The Bertz CT molecular complexity index is 842. The highest BCUT2D eigenvalue weighted by atomic mass is 32.1. The van der Waals surface area contributed by atoms with E-state index in [1.54, 1.807) is 0 Å². The SMILES string of the molecule is Cc1csc(NC(=O)C2c3ccccc3Oc3ccccc32)n1. The van der Waals surface area contributed by atoms with Crippen molar-refractivity contribution in [2.45, 2.75) is 12.8 Å². The maximum Gasteiger partial charge on any atom is 0.238 e. The van der Waals surface area contributed by atoms with Gasteiger partial charge in [-0.2, -0.15) is 0 Å². The topological polar surface area (TPSA) is 51.2 Å². The third-order valence-corrected chi connectivity index (χ3v) is 4.67. The second kappa shape index (κ2) is 5.52. The predicted octanol–water partition coefficient (Wildman–Crippen LogP) is 4.33. The third kappa shape index (κ3) is 2.49. The van der Waals surface area contributed by atoms with Crippen molar-refractivity contribution >= 4 is 22.4 Å². The van der Waals surface area contributed by atoms with Crippen LogP contribution in [0.25, 0.3) is 0 Å². The molecule has 1 aliphatic rings. The molecule has 0 spiro atoms. The van der Waals surface area contributed by atoms with Crippen molar-refractivity contribution in [1.29, 1.82) is 0 Å². The molecule has 0 radical (unpaired) electrons. The van der Waals surface area contributed by atoms with Crippen LogP contribution in [0.5, 0.6) is 11.5 Å². The maximum absolute atomic E-state index is 12.9. The number of thiazole rings is 1. The van der Waals surface area contributed by atoms with Crippen LogP contribution in [-0.2, 0) is 4.79 Å². The number of ether oxygens (including phenoxy) is 1. The molecule has 0 unspecified atom stereocenters. The number of aryl methyl sites for hydroxylation is 1. The van der Waals surface area contributed by atoms with Gasteiger partial charge in [-0.15, -0.1) is 11.3 Å². The monoisotopic (exact) mass is 322 g/mol. The van der Waals surface area contributed by atoms with E-state index >= 15 is 0 Å². The number of aromatic nitrogens is 1. The molecular weight excluding hydrogens is 308 g/mol. The van der Waals surface area contributed by atoms with Crippen LogP contribution in [0.15, 0.2) is 53.9 Å². The highest BCUT2D eigenvalue weighted by Crippen LogP contribution is 2.44. The van der Waals surface area contributed by atoms with E-state index < -0.39 is 5.92 Å². The van der Waals surface area contributed by atoms with Gasteiger partial charge in [-0.05, 0) is 19.1 Å². The van der Waals surface area contributed by atoms with Crippen LogP contribution in [0.4, 0.5) is 5.13 Å². The Labute approximate surface area is 137 Å². The quantitative estimate of drug-likeness (QED) is 0.764. The van der Waals surface area contributed by atoms with Crippen LogP contribution < -0.4 is 10.1 Å². The Morgan fingerprint density at radius 3 is 2.26 bits per heavy atom. The van der Waals surface area contributed by atoms with Gasteiger partial charge in [0.15, 0.2) is 5.13 Å². The number of benzene rings is 2. The Morgan fingerprint density at radius 2 is 1.70 bits per heavy atom. The fraction of sp³-hybridized carbons (Fsp3) is 0.111. The van der Waals surface area contributed by atoms with Gasteiger partial charge in [-0.3, -0.25) is 4.79 Å². The molecule has 2 aromatic carbocycles. The van der Waals surface area contributed by atoms with E-state index in [0.717, 1.165) is 28.3 Å². The van der Waals surface area contributed by atoms with Crippen molar-refractivity contribution in [1.82, 2.24) is 4.98 Å². The van der Waals surface area contributed by atoms with Crippen molar-refractivity contribution in [2.75, 3.05) is 5.32 Å². The molecule has 0 aliphatic carbocycles. The summed E-state index contributed by atoms with van der Waals surface area (Å²) in [6.07, 6.45) is 0. The molecule has 1 amide bonds. The summed E-state index contributed by atoms with van der Waals surface area (Å²) >= 11 is 1.43. The lowest BCUT2D eigenvalue weighted by Crippen LogP contribution is -2.25. The number of para-hydroxylation sites is 2. The van der Waals surface area contributed by atoms with Crippen molar-refractivity contribution in [3.63, 3.8) is 0 Å². The van der Waals surface area contributed by atoms with Gasteiger partial charge in [-0.1, -0.05) is 36.4 Å². The number of hydrogen-bond acceptors (Lipinski definition) is 4. The third-order valence-electron chi connectivity index (χ3n) is 3.79. The lowest BCUT2D eigenvalue weighted by atomic mass is 9.87. The van der Waals surface area contributed by atoms with E-state index in [2.05, 4.69) is 10.3 Å². The van der Waals surface area contributed by atoms with Crippen molar-refractivity contribution in [3.05, 3.63) is 70.7 Å². The van der Waals surface area contributed by atoms with Crippen molar-refractivity contribution < 1.29 is 9.53 Å².